The van der Waals surface area contributed by atoms with Crippen molar-refractivity contribution in [2.45, 2.75) is 6.92 Å². The highest BCUT2D eigenvalue weighted by molar-refractivity contribution is 7.12. The maximum atomic E-state index is 11.8. The van der Waals surface area contributed by atoms with E-state index in [4.69, 9.17) is 9.26 Å². The van der Waals surface area contributed by atoms with Crippen LogP contribution in [0.15, 0.2) is 46.3 Å². The molecule has 0 N–H and O–H groups in total. The zero-order valence-electron chi connectivity index (χ0n) is 10.6. The molecule has 2 heterocycles. The summed E-state index contributed by atoms with van der Waals surface area (Å²) in [6, 6.07) is 10.5. The molecule has 100 valence electrons. The SMILES string of the molecule is Cc1nc(-c2ccc(OC(=O)c3cccs3)cc2)no1. The van der Waals surface area contributed by atoms with Crippen LogP contribution in [0.5, 0.6) is 5.75 Å². The molecule has 5 nitrogen and oxygen atoms in total. The van der Waals surface area contributed by atoms with Gasteiger partial charge in [-0.05, 0) is 35.7 Å². The lowest BCUT2D eigenvalue weighted by molar-refractivity contribution is 0.0740. The Balaban J connectivity index is 1.75. The summed E-state index contributed by atoms with van der Waals surface area (Å²) in [5.74, 6) is 1.14. The fraction of sp³-hybridized carbons (Fsp3) is 0.0714. The van der Waals surface area contributed by atoms with E-state index in [1.165, 1.54) is 11.3 Å². The smallest absolute Gasteiger partial charge is 0.353 e. The summed E-state index contributed by atoms with van der Waals surface area (Å²) in [6.07, 6.45) is 0. The number of aromatic nitrogens is 2. The zero-order valence-corrected chi connectivity index (χ0v) is 11.4. The molecule has 3 rings (SSSR count). The molecule has 0 aliphatic carbocycles. The normalized spacial score (nSPS) is 10.4. The third-order valence-electron chi connectivity index (χ3n) is 2.57. The fourth-order valence-corrected chi connectivity index (χ4v) is 2.24. The van der Waals surface area contributed by atoms with Crippen molar-refractivity contribution >= 4 is 17.3 Å². The van der Waals surface area contributed by atoms with Crippen LogP contribution in [-0.4, -0.2) is 16.1 Å². The number of hydrogen-bond acceptors (Lipinski definition) is 6. The maximum absolute atomic E-state index is 11.8. The number of carbonyl (C=O) groups excluding carboxylic acids is 1. The highest BCUT2D eigenvalue weighted by Crippen LogP contribution is 2.21. The lowest BCUT2D eigenvalue weighted by atomic mass is 10.2. The second-order valence-electron chi connectivity index (χ2n) is 4.03. The first-order chi connectivity index (χ1) is 9.72. The van der Waals surface area contributed by atoms with Crippen LogP contribution >= 0.6 is 11.3 Å². The van der Waals surface area contributed by atoms with Crippen LogP contribution in [0.1, 0.15) is 15.6 Å². The number of carbonyl (C=O) groups is 1. The maximum Gasteiger partial charge on any atom is 0.353 e. The molecule has 0 fully saturated rings. The first-order valence-corrected chi connectivity index (χ1v) is 6.77. The van der Waals surface area contributed by atoms with E-state index < -0.39 is 0 Å². The van der Waals surface area contributed by atoms with Crippen LogP contribution < -0.4 is 4.74 Å². The minimum atomic E-state index is -0.358. The van der Waals surface area contributed by atoms with Gasteiger partial charge >= 0.3 is 5.97 Å². The first kappa shape index (κ1) is 12.6. The van der Waals surface area contributed by atoms with Crippen LogP contribution in [0.2, 0.25) is 0 Å². The van der Waals surface area contributed by atoms with E-state index in [1.54, 1.807) is 37.3 Å². The van der Waals surface area contributed by atoms with E-state index in [-0.39, 0.29) is 5.97 Å². The van der Waals surface area contributed by atoms with Gasteiger partial charge in [-0.25, -0.2) is 4.79 Å². The number of aryl methyl sites for hydroxylation is 1. The molecule has 0 bridgehead atoms. The van der Waals surface area contributed by atoms with Crippen LogP contribution in [0.3, 0.4) is 0 Å². The van der Waals surface area contributed by atoms with Crippen molar-refractivity contribution in [2.75, 3.05) is 0 Å². The van der Waals surface area contributed by atoms with Gasteiger partial charge in [-0.15, -0.1) is 11.3 Å². The number of ether oxygens (including phenoxy) is 1. The predicted octanol–water partition coefficient (Wildman–Crippen LogP) is 3.33. The molecule has 0 saturated heterocycles. The standard InChI is InChI=1S/C14H10N2O3S/c1-9-15-13(16-19-9)10-4-6-11(7-5-10)18-14(17)12-3-2-8-20-12/h2-8H,1H3. The minimum Gasteiger partial charge on any atom is -0.422 e. The Morgan fingerprint density at radius 3 is 2.65 bits per heavy atom. The second-order valence-corrected chi connectivity index (χ2v) is 4.98. The van der Waals surface area contributed by atoms with Crippen molar-refractivity contribution in [3.63, 3.8) is 0 Å². The molecule has 0 saturated carbocycles. The monoisotopic (exact) mass is 286 g/mol. The van der Waals surface area contributed by atoms with Crippen molar-refractivity contribution in [3.05, 3.63) is 52.5 Å². The number of hydrogen-bond donors (Lipinski definition) is 0. The van der Waals surface area contributed by atoms with Gasteiger partial charge in [0.1, 0.15) is 10.6 Å². The van der Waals surface area contributed by atoms with Crippen molar-refractivity contribution in [2.24, 2.45) is 0 Å². The Hall–Kier alpha value is -2.47. The molecule has 0 aliphatic heterocycles. The Morgan fingerprint density at radius 2 is 2.05 bits per heavy atom. The Labute approximate surface area is 118 Å². The van der Waals surface area contributed by atoms with Crippen LogP contribution in [0, 0.1) is 6.92 Å². The lowest BCUT2D eigenvalue weighted by Crippen LogP contribution is -2.06. The van der Waals surface area contributed by atoms with E-state index in [1.807, 2.05) is 11.4 Å². The number of nitrogens with zero attached hydrogens (tertiary/aromatic N) is 2. The largest absolute Gasteiger partial charge is 0.422 e. The van der Waals surface area contributed by atoms with Crippen LogP contribution in [-0.2, 0) is 0 Å². The number of benzene rings is 1. The van der Waals surface area contributed by atoms with Crippen LogP contribution in [0.4, 0.5) is 0 Å². The van der Waals surface area contributed by atoms with Crippen molar-refractivity contribution in [1.82, 2.24) is 10.1 Å². The van der Waals surface area contributed by atoms with Gasteiger partial charge in [0.05, 0.1) is 0 Å². The first-order valence-electron chi connectivity index (χ1n) is 5.89. The van der Waals surface area contributed by atoms with Crippen LogP contribution in [0.25, 0.3) is 11.4 Å². The second kappa shape index (κ2) is 5.26. The third kappa shape index (κ3) is 2.60. The summed E-state index contributed by atoms with van der Waals surface area (Å²) in [7, 11) is 0. The Bertz CT molecular complexity index is 717. The summed E-state index contributed by atoms with van der Waals surface area (Å²) in [4.78, 5) is 16.5. The van der Waals surface area contributed by atoms with E-state index >= 15 is 0 Å². The van der Waals surface area contributed by atoms with Gasteiger partial charge in [0.15, 0.2) is 0 Å². The molecule has 0 unspecified atom stereocenters. The fourth-order valence-electron chi connectivity index (χ4n) is 1.64. The van der Waals surface area contributed by atoms with Crippen molar-refractivity contribution < 1.29 is 14.1 Å². The minimum absolute atomic E-state index is 0.358. The van der Waals surface area contributed by atoms with Gasteiger partial charge in [0, 0.05) is 12.5 Å². The van der Waals surface area contributed by atoms with Gasteiger partial charge in [0.2, 0.25) is 11.7 Å². The summed E-state index contributed by atoms with van der Waals surface area (Å²) < 4.78 is 10.2. The summed E-state index contributed by atoms with van der Waals surface area (Å²) in [5.41, 5.74) is 0.803. The molecule has 2 aromatic heterocycles. The van der Waals surface area contributed by atoms with Gasteiger partial charge in [-0.2, -0.15) is 4.98 Å². The average molecular weight is 286 g/mol. The molecule has 1 aromatic carbocycles. The summed E-state index contributed by atoms with van der Waals surface area (Å²) in [6.45, 7) is 1.73. The number of rotatable bonds is 3. The van der Waals surface area contributed by atoms with E-state index in [0.717, 1.165) is 5.56 Å². The molecular formula is C14H10N2O3S. The molecule has 0 radical (unpaired) electrons. The molecule has 6 heteroatoms. The number of thiophene rings is 1. The molecule has 3 aromatic rings. The topological polar surface area (TPSA) is 65.2 Å². The Morgan fingerprint density at radius 1 is 1.25 bits per heavy atom. The van der Waals surface area contributed by atoms with Gasteiger partial charge in [-0.3, -0.25) is 0 Å². The molecule has 0 atom stereocenters. The van der Waals surface area contributed by atoms with E-state index in [0.29, 0.717) is 22.3 Å². The quantitative estimate of drug-likeness (QED) is 0.546. The third-order valence-corrected chi connectivity index (χ3v) is 3.42. The molecule has 0 amide bonds. The molecule has 20 heavy (non-hydrogen) atoms. The van der Waals surface area contributed by atoms with E-state index in [9.17, 15) is 4.79 Å². The zero-order chi connectivity index (χ0) is 13.9. The molecule has 0 aliphatic rings. The molecular weight excluding hydrogens is 276 g/mol. The summed E-state index contributed by atoms with van der Waals surface area (Å²) >= 11 is 1.35. The van der Waals surface area contributed by atoms with Gasteiger partial charge in [0.25, 0.3) is 0 Å². The average Bonchev–Trinajstić information content (AvgIpc) is 3.10. The highest BCUT2D eigenvalue weighted by atomic mass is 32.1. The molecule has 0 spiro atoms. The van der Waals surface area contributed by atoms with E-state index in [2.05, 4.69) is 10.1 Å². The highest BCUT2D eigenvalue weighted by Gasteiger charge is 2.10. The van der Waals surface area contributed by atoms with Gasteiger partial charge in [-0.1, -0.05) is 11.2 Å². The lowest BCUT2D eigenvalue weighted by Gasteiger charge is -2.02. The Kier molecular flexibility index (Phi) is 3.30. The summed E-state index contributed by atoms with van der Waals surface area (Å²) in [5, 5.41) is 5.66. The van der Waals surface area contributed by atoms with Crippen molar-refractivity contribution in [1.29, 1.82) is 0 Å². The van der Waals surface area contributed by atoms with Gasteiger partial charge < -0.3 is 9.26 Å². The van der Waals surface area contributed by atoms with Crippen molar-refractivity contribution in [3.8, 4) is 17.1 Å². The number of esters is 1. The predicted molar refractivity (Wildman–Crippen MR) is 73.7 cm³/mol.